The number of ether oxygens (including phenoxy) is 1. The van der Waals surface area contributed by atoms with Crippen LogP contribution in [-0.4, -0.2) is 24.9 Å². The Labute approximate surface area is 98.7 Å². The van der Waals surface area contributed by atoms with Gasteiger partial charge in [-0.05, 0) is 43.1 Å². The van der Waals surface area contributed by atoms with Crippen molar-refractivity contribution < 1.29 is 9.84 Å². The molecule has 0 aromatic heterocycles. The van der Waals surface area contributed by atoms with Crippen molar-refractivity contribution >= 4 is 0 Å². The zero-order valence-electron chi connectivity index (χ0n) is 10.2. The van der Waals surface area contributed by atoms with Gasteiger partial charge in [0.1, 0.15) is 0 Å². The number of hydrogen-bond acceptors (Lipinski definition) is 2. The van der Waals surface area contributed by atoms with Gasteiger partial charge in [-0.2, -0.15) is 0 Å². The van der Waals surface area contributed by atoms with E-state index in [-0.39, 0.29) is 6.61 Å². The van der Waals surface area contributed by atoms with Crippen molar-refractivity contribution in [3.05, 3.63) is 11.6 Å². The molecule has 0 radical (unpaired) electrons. The SMILES string of the molecule is OCC(=CC1CCOCC1)C1CCCCC1. The van der Waals surface area contributed by atoms with E-state index in [0.717, 1.165) is 26.1 Å². The lowest BCUT2D eigenvalue weighted by Gasteiger charge is -2.26. The van der Waals surface area contributed by atoms with Gasteiger partial charge in [-0.15, -0.1) is 0 Å². The molecule has 1 aliphatic heterocycles. The minimum Gasteiger partial charge on any atom is -0.392 e. The van der Waals surface area contributed by atoms with Crippen LogP contribution < -0.4 is 0 Å². The maximum absolute atomic E-state index is 9.51. The molecule has 1 heterocycles. The van der Waals surface area contributed by atoms with Crippen LogP contribution in [-0.2, 0) is 4.74 Å². The summed E-state index contributed by atoms with van der Waals surface area (Å²) in [4.78, 5) is 0. The molecule has 0 spiro atoms. The number of hydrogen-bond donors (Lipinski definition) is 1. The van der Waals surface area contributed by atoms with E-state index < -0.39 is 0 Å². The van der Waals surface area contributed by atoms with Crippen LogP contribution in [0.3, 0.4) is 0 Å². The van der Waals surface area contributed by atoms with Crippen molar-refractivity contribution in [1.82, 2.24) is 0 Å². The molecular weight excluding hydrogens is 200 g/mol. The molecule has 1 aliphatic carbocycles. The minimum absolute atomic E-state index is 0.266. The van der Waals surface area contributed by atoms with E-state index in [0.29, 0.717) is 11.8 Å². The predicted molar refractivity (Wildman–Crippen MR) is 65.3 cm³/mol. The van der Waals surface area contributed by atoms with Gasteiger partial charge in [0.05, 0.1) is 6.61 Å². The summed E-state index contributed by atoms with van der Waals surface area (Å²) in [7, 11) is 0. The molecule has 0 aromatic rings. The maximum atomic E-state index is 9.51. The van der Waals surface area contributed by atoms with Crippen LogP contribution in [0.15, 0.2) is 11.6 Å². The molecule has 0 unspecified atom stereocenters. The van der Waals surface area contributed by atoms with Crippen LogP contribution in [0.5, 0.6) is 0 Å². The Bertz CT molecular complexity index is 223. The third-order valence-electron chi connectivity index (χ3n) is 4.03. The number of allylic oxidation sites excluding steroid dienone is 1. The lowest BCUT2D eigenvalue weighted by atomic mass is 9.82. The van der Waals surface area contributed by atoms with Gasteiger partial charge < -0.3 is 9.84 Å². The lowest BCUT2D eigenvalue weighted by molar-refractivity contribution is 0.0779. The Hall–Kier alpha value is -0.340. The highest BCUT2D eigenvalue weighted by Gasteiger charge is 2.19. The average Bonchev–Trinajstić information content (AvgIpc) is 2.38. The van der Waals surface area contributed by atoms with Crippen molar-refractivity contribution in [1.29, 1.82) is 0 Å². The van der Waals surface area contributed by atoms with Crippen LogP contribution in [0, 0.1) is 11.8 Å². The molecule has 1 N–H and O–H groups in total. The number of aliphatic hydroxyl groups is 1. The second-order valence-electron chi connectivity index (χ2n) is 5.18. The zero-order chi connectivity index (χ0) is 11.2. The Morgan fingerprint density at radius 2 is 1.75 bits per heavy atom. The Kier molecular flexibility index (Phi) is 4.86. The molecular formula is C14H24O2. The summed E-state index contributed by atoms with van der Waals surface area (Å²) < 4.78 is 5.37. The second-order valence-corrected chi connectivity index (χ2v) is 5.18. The third-order valence-corrected chi connectivity index (χ3v) is 4.03. The first-order valence-electron chi connectivity index (χ1n) is 6.79. The molecule has 92 valence electrons. The molecule has 1 saturated heterocycles. The normalized spacial score (nSPS) is 25.9. The van der Waals surface area contributed by atoms with Gasteiger partial charge in [-0.3, -0.25) is 0 Å². The van der Waals surface area contributed by atoms with Crippen molar-refractivity contribution in [3.63, 3.8) is 0 Å². The summed E-state index contributed by atoms with van der Waals surface area (Å²) in [5, 5.41) is 9.51. The van der Waals surface area contributed by atoms with Gasteiger partial charge in [0.15, 0.2) is 0 Å². The summed E-state index contributed by atoms with van der Waals surface area (Å²) in [5.74, 6) is 1.32. The van der Waals surface area contributed by atoms with Crippen molar-refractivity contribution in [3.8, 4) is 0 Å². The van der Waals surface area contributed by atoms with Crippen LogP contribution in [0.1, 0.15) is 44.9 Å². The van der Waals surface area contributed by atoms with Crippen LogP contribution in [0.2, 0.25) is 0 Å². The predicted octanol–water partition coefficient (Wildman–Crippen LogP) is 2.91. The maximum Gasteiger partial charge on any atom is 0.0644 e. The second kappa shape index (κ2) is 6.41. The first-order valence-corrected chi connectivity index (χ1v) is 6.79. The molecule has 0 bridgehead atoms. The summed E-state index contributed by atoms with van der Waals surface area (Å²) >= 11 is 0. The molecule has 0 amide bonds. The summed E-state index contributed by atoms with van der Waals surface area (Å²) in [6.07, 6.45) is 11.3. The van der Waals surface area contributed by atoms with Crippen LogP contribution in [0.4, 0.5) is 0 Å². The van der Waals surface area contributed by atoms with E-state index >= 15 is 0 Å². The highest BCUT2D eigenvalue weighted by Crippen LogP contribution is 2.31. The fourth-order valence-electron chi connectivity index (χ4n) is 2.98. The summed E-state index contributed by atoms with van der Waals surface area (Å²) in [6.45, 7) is 2.05. The Morgan fingerprint density at radius 1 is 1.06 bits per heavy atom. The topological polar surface area (TPSA) is 29.5 Å². The first kappa shape index (κ1) is 12.1. The molecule has 2 aliphatic rings. The molecule has 2 nitrogen and oxygen atoms in total. The first-order chi connectivity index (χ1) is 7.90. The fourth-order valence-corrected chi connectivity index (χ4v) is 2.98. The summed E-state index contributed by atoms with van der Waals surface area (Å²) in [5.41, 5.74) is 1.31. The molecule has 0 atom stereocenters. The van der Waals surface area contributed by atoms with Gasteiger partial charge in [0, 0.05) is 13.2 Å². The smallest absolute Gasteiger partial charge is 0.0644 e. The zero-order valence-corrected chi connectivity index (χ0v) is 10.2. The van der Waals surface area contributed by atoms with E-state index in [4.69, 9.17) is 4.74 Å². The van der Waals surface area contributed by atoms with Gasteiger partial charge in [0.25, 0.3) is 0 Å². The van der Waals surface area contributed by atoms with Gasteiger partial charge in [-0.1, -0.05) is 25.3 Å². The standard InChI is InChI=1S/C14H24O2/c15-11-14(13-4-2-1-3-5-13)10-12-6-8-16-9-7-12/h10,12-13,15H,1-9,11H2. The fraction of sp³-hybridized carbons (Fsp3) is 0.857. The number of aliphatic hydroxyl groups excluding tert-OH is 1. The van der Waals surface area contributed by atoms with Crippen LogP contribution in [0.25, 0.3) is 0 Å². The summed E-state index contributed by atoms with van der Waals surface area (Å²) in [6, 6.07) is 0. The largest absolute Gasteiger partial charge is 0.392 e. The third kappa shape index (κ3) is 3.33. The molecule has 2 fully saturated rings. The molecule has 0 aromatic carbocycles. The molecule has 2 rings (SSSR count). The molecule has 2 heteroatoms. The van der Waals surface area contributed by atoms with Gasteiger partial charge >= 0.3 is 0 Å². The van der Waals surface area contributed by atoms with E-state index in [2.05, 4.69) is 6.08 Å². The minimum atomic E-state index is 0.266. The van der Waals surface area contributed by atoms with Crippen molar-refractivity contribution in [2.24, 2.45) is 11.8 Å². The Morgan fingerprint density at radius 3 is 2.38 bits per heavy atom. The van der Waals surface area contributed by atoms with Crippen molar-refractivity contribution in [2.75, 3.05) is 19.8 Å². The van der Waals surface area contributed by atoms with Gasteiger partial charge in [-0.25, -0.2) is 0 Å². The monoisotopic (exact) mass is 224 g/mol. The van der Waals surface area contributed by atoms with Gasteiger partial charge in [0.2, 0.25) is 0 Å². The Balaban J connectivity index is 1.93. The van der Waals surface area contributed by atoms with E-state index in [1.54, 1.807) is 0 Å². The lowest BCUT2D eigenvalue weighted by Crippen LogP contribution is -2.17. The van der Waals surface area contributed by atoms with Crippen LogP contribution >= 0.6 is 0 Å². The highest BCUT2D eigenvalue weighted by molar-refractivity contribution is 5.10. The average molecular weight is 224 g/mol. The highest BCUT2D eigenvalue weighted by atomic mass is 16.5. The van der Waals surface area contributed by atoms with Crippen molar-refractivity contribution in [2.45, 2.75) is 44.9 Å². The van der Waals surface area contributed by atoms with E-state index in [9.17, 15) is 5.11 Å². The van der Waals surface area contributed by atoms with E-state index in [1.807, 2.05) is 0 Å². The molecule has 1 saturated carbocycles. The quantitative estimate of drug-likeness (QED) is 0.747. The number of rotatable bonds is 3. The molecule has 16 heavy (non-hydrogen) atoms. The van der Waals surface area contributed by atoms with E-state index in [1.165, 1.54) is 37.7 Å².